The summed E-state index contributed by atoms with van der Waals surface area (Å²) < 4.78 is 24.5. The molecular weight excluding hydrogens is 441 g/mol. The van der Waals surface area contributed by atoms with Gasteiger partial charge in [-0.05, 0) is 40.8 Å². The van der Waals surface area contributed by atoms with E-state index in [0.29, 0.717) is 5.69 Å². The average molecular weight is 452 g/mol. The molecule has 2 rings (SSSR count). The zero-order valence-electron chi connectivity index (χ0n) is 11.4. The SMILES string of the molecule is CCS(=O)(=O)c1ncc(Cl)c(C(=O)Nc2cccc(I)c2)n1. The van der Waals surface area contributed by atoms with Gasteiger partial charge in [0.25, 0.3) is 5.91 Å². The first-order chi connectivity index (χ1) is 10.3. The summed E-state index contributed by atoms with van der Waals surface area (Å²) in [6.07, 6.45) is 1.11. The molecule has 9 heteroatoms. The molecule has 1 amide bonds. The number of nitrogens with one attached hydrogen (secondary N) is 1. The fourth-order valence-electron chi connectivity index (χ4n) is 1.55. The maximum atomic E-state index is 12.2. The smallest absolute Gasteiger partial charge is 0.275 e. The molecule has 0 aliphatic rings. The lowest BCUT2D eigenvalue weighted by molar-refractivity contribution is 0.102. The number of halogens is 2. The Balaban J connectivity index is 2.35. The summed E-state index contributed by atoms with van der Waals surface area (Å²) in [5.74, 6) is -0.756. The third-order valence-electron chi connectivity index (χ3n) is 2.68. The Hall–Kier alpha value is -1.26. The average Bonchev–Trinajstić information content (AvgIpc) is 2.47. The zero-order valence-corrected chi connectivity index (χ0v) is 15.1. The van der Waals surface area contributed by atoms with E-state index in [1.165, 1.54) is 6.92 Å². The number of amides is 1. The lowest BCUT2D eigenvalue weighted by Crippen LogP contribution is -2.18. The molecule has 1 heterocycles. The maximum Gasteiger partial charge on any atom is 0.275 e. The van der Waals surface area contributed by atoms with E-state index >= 15 is 0 Å². The second kappa shape index (κ2) is 6.88. The van der Waals surface area contributed by atoms with Crippen molar-refractivity contribution in [2.45, 2.75) is 12.1 Å². The van der Waals surface area contributed by atoms with Crippen molar-refractivity contribution in [2.75, 3.05) is 11.1 Å². The number of carbonyl (C=O) groups is 1. The number of sulfone groups is 1. The molecule has 0 aliphatic heterocycles. The van der Waals surface area contributed by atoms with E-state index in [-0.39, 0.29) is 16.5 Å². The van der Waals surface area contributed by atoms with Gasteiger partial charge in [-0.2, -0.15) is 0 Å². The highest BCUT2D eigenvalue weighted by Gasteiger charge is 2.21. The highest BCUT2D eigenvalue weighted by Crippen LogP contribution is 2.18. The van der Waals surface area contributed by atoms with E-state index in [9.17, 15) is 13.2 Å². The standard InChI is InChI=1S/C13H11ClIN3O3S/c1-2-22(20,21)13-16-7-10(14)11(18-13)12(19)17-9-5-3-4-8(15)6-9/h3-7H,2H2,1H3,(H,17,19). The zero-order chi connectivity index (χ0) is 16.3. The predicted molar refractivity (Wildman–Crippen MR) is 91.9 cm³/mol. The third-order valence-corrected chi connectivity index (χ3v) is 5.14. The van der Waals surface area contributed by atoms with Crippen LogP contribution in [0.3, 0.4) is 0 Å². The summed E-state index contributed by atoms with van der Waals surface area (Å²) in [6, 6.07) is 7.13. The van der Waals surface area contributed by atoms with Crippen LogP contribution in [0.15, 0.2) is 35.6 Å². The summed E-state index contributed by atoms with van der Waals surface area (Å²) in [6.45, 7) is 1.47. The number of carbonyl (C=O) groups excluding carboxylic acids is 1. The number of hydrogen-bond donors (Lipinski definition) is 1. The highest BCUT2D eigenvalue weighted by molar-refractivity contribution is 14.1. The van der Waals surface area contributed by atoms with Gasteiger partial charge in [0.05, 0.1) is 17.0 Å². The first-order valence-corrected chi connectivity index (χ1v) is 9.26. The summed E-state index contributed by atoms with van der Waals surface area (Å²) in [7, 11) is -3.61. The summed E-state index contributed by atoms with van der Waals surface area (Å²) in [4.78, 5) is 19.7. The molecule has 22 heavy (non-hydrogen) atoms. The van der Waals surface area contributed by atoms with Crippen LogP contribution in [0.5, 0.6) is 0 Å². The van der Waals surface area contributed by atoms with Gasteiger partial charge >= 0.3 is 0 Å². The van der Waals surface area contributed by atoms with Gasteiger partial charge in [0.15, 0.2) is 5.69 Å². The number of anilines is 1. The summed E-state index contributed by atoms with van der Waals surface area (Å²) in [5.41, 5.74) is 0.383. The van der Waals surface area contributed by atoms with Crippen LogP contribution in [0.4, 0.5) is 5.69 Å². The van der Waals surface area contributed by atoms with Crippen LogP contribution in [0, 0.1) is 3.57 Å². The van der Waals surface area contributed by atoms with E-state index in [1.807, 2.05) is 6.07 Å². The Morgan fingerprint density at radius 2 is 2.14 bits per heavy atom. The van der Waals surface area contributed by atoms with Crippen molar-refractivity contribution in [2.24, 2.45) is 0 Å². The second-order valence-corrected chi connectivity index (χ2v) is 8.04. The van der Waals surface area contributed by atoms with Gasteiger partial charge in [-0.3, -0.25) is 4.79 Å². The largest absolute Gasteiger partial charge is 0.321 e. The second-order valence-electron chi connectivity index (χ2n) is 4.22. The van der Waals surface area contributed by atoms with Gasteiger partial charge in [-0.15, -0.1) is 0 Å². The Morgan fingerprint density at radius 3 is 2.77 bits per heavy atom. The third kappa shape index (κ3) is 3.93. The van der Waals surface area contributed by atoms with Gasteiger partial charge in [0.2, 0.25) is 15.0 Å². The molecule has 0 fully saturated rings. The van der Waals surface area contributed by atoms with Crippen LogP contribution in [-0.2, 0) is 9.84 Å². The van der Waals surface area contributed by atoms with E-state index in [0.717, 1.165) is 9.77 Å². The Labute approximate surface area is 146 Å². The molecule has 1 aromatic heterocycles. The van der Waals surface area contributed by atoms with E-state index < -0.39 is 20.9 Å². The van der Waals surface area contributed by atoms with Crippen molar-refractivity contribution in [3.05, 3.63) is 44.7 Å². The lowest BCUT2D eigenvalue weighted by Gasteiger charge is -2.07. The molecule has 0 atom stereocenters. The Morgan fingerprint density at radius 1 is 1.41 bits per heavy atom. The molecule has 0 radical (unpaired) electrons. The van der Waals surface area contributed by atoms with Gasteiger partial charge in [-0.1, -0.05) is 24.6 Å². The van der Waals surface area contributed by atoms with Crippen molar-refractivity contribution in [1.29, 1.82) is 0 Å². The summed E-state index contributed by atoms with van der Waals surface area (Å²) in [5, 5.41) is 2.20. The minimum atomic E-state index is -3.61. The fraction of sp³-hybridized carbons (Fsp3) is 0.154. The predicted octanol–water partition coefficient (Wildman–Crippen LogP) is 2.78. The van der Waals surface area contributed by atoms with Gasteiger partial charge in [0.1, 0.15) is 0 Å². The molecule has 1 N–H and O–H groups in total. The molecule has 0 aliphatic carbocycles. The van der Waals surface area contributed by atoms with Crippen LogP contribution >= 0.6 is 34.2 Å². The van der Waals surface area contributed by atoms with Gasteiger partial charge in [-0.25, -0.2) is 18.4 Å². The molecule has 0 saturated heterocycles. The molecule has 0 saturated carbocycles. The molecule has 0 spiro atoms. The van der Waals surface area contributed by atoms with Crippen molar-refractivity contribution in [1.82, 2.24) is 9.97 Å². The quantitative estimate of drug-likeness (QED) is 0.570. The van der Waals surface area contributed by atoms with E-state index in [1.54, 1.807) is 18.2 Å². The molecule has 2 aromatic rings. The normalized spacial score (nSPS) is 11.2. The monoisotopic (exact) mass is 451 g/mol. The number of rotatable bonds is 4. The molecule has 116 valence electrons. The summed E-state index contributed by atoms with van der Waals surface area (Å²) >= 11 is 8.01. The van der Waals surface area contributed by atoms with Crippen LogP contribution in [0.25, 0.3) is 0 Å². The van der Waals surface area contributed by atoms with Crippen LogP contribution in [0.2, 0.25) is 5.02 Å². The van der Waals surface area contributed by atoms with Crippen molar-refractivity contribution < 1.29 is 13.2 Å². The number of benzene rings is 1. The molecular formula is C13H11ClIN3O3S. The van der Waals surface area contributed by atoms with Crippen LogP contribution in [0.1, 0.15) is 17.4 Å². The molecule has 1 aromatic carbocycles. The topological polar surface area (TPSA) is 89.0 Å². The molecule has 6 nitrogen and oxygen atoms in total. The first kappa shape index (κ1) is 17.1. The fourth-order valence-corrected chi connectivity index (χ4v) is 2.97. The Kier molecular flexibility index (Phi) is 5.35. The minimum absolute atomic E-state index is 0.0156. The van der Waals surface area contributed by atoms with Crippen molar-refractivity contribution >= 4 is 55.6 Å². The van der Waals surface area contributed by atoms with Crippen molar-refractivity contribution in [3.63, 3.8) is 0 Å². The lowest BCUT2D eigenvalue weighted by atomic mass is 10.3. The van der Waals surface area contributed by atoms with Crippen molar-refractivity contribution in [3.8, 4) is 0 Å². The van der Waals surface area contributed by atoms with Crippen LogP contribution < -0.4 is 5.32 Å². The number of aromatic nitrogens is 2. The molecule has 0 unspecified atom stereocenters. The van der Waals surface area contributed by atoms with E-state index in [2.05, 4.69) is 37.9 Å². The maximum absolute atomic E-state index is 12.2. The van der Waals surface area contributed by atoms with E-state index in [4.69, 9.17) is 11.6 Å². The minimum Gasteiger partial charge on any atom is -0.321 e. The van der Waals surface area contributed by atoms with Gasteiger partial charge < -0.3 is 5.32 Å². The Bertz CT molecular complexity index is 827. The van der Waals surface area contributed by atoms with Crippen LogP contribution in [-0.4, -0.2) is 30.0 Å². The first-order valence-electron chi connectivity index (χ1n) is 6.15. The number of nitrogens with zero attached hydrogens (tertiary/aromatic N) is 2. The highest BCUT2D eigenvalue weighted by atomic mass is 127. The van der Waals surface area contributed by atoms with Gasteiger partial charge in [0, 0.05) is 9.26 Å². The molecule has 0 bridgehead atoms. The number of hydrogen-bond acceptors (Lipinski definition) is 5.